The van der Waals surface area contributed by atoms with Crippen LogP contribution in [0.25, 0.3) is 0 Å². The third-order valence-corrected chi connectivity index (χ3v) is 3.48. The molecule has 0 aliphatic rings. The molecule has 0 fully saturated rings. The number of nitrogens with zero attached hydrogens (tertiary/aromatic N) is 2. The van der Waals surface area contributed by atoms with Gasteiger partial charge >= 0.3 is 6.09 Å². The smallest absolute Gasteiger partial charge is 0.426 e. The number of allylic oxidation sites excluding steroid dienone is 1. The van der Waals surface area contributed by atoms with Crippen molar-refractivity contribution in [2.75, 3.05) is 19.0 Å². The Labute approximate surface area is 155 Å². The largest absolute Gasteiger partial charge is 0.494 e. The molecule has 1 rings (SSSR count). The van der Waals surface area contributed by atoms with Crippen molar-refractivity contribution in [3.05, 3.63) is 34.0 Å². The van der Waals surface area contributed by atoms with Gasteiger partial charge in [-0.3, -0.25) is 10.2 Å². The molecule has 1 aromatic rings. The lowest BCUT2D eigenvalue weighted by Crippen LogP contribution is -2.42. The number of nitrogens with one attached hydrogen (secondary N) is 3. The number of methoxy groups -OCH3 is 1. The molecule has 26 heavy (non-hydrogen) atoms. The summed E-state index contributed by atoms with van der Waals surface area (Å²) >= 11 is 6.12. The maximum absolute atomic E-state index is 12.5. The number of carbonyl (C=O) groups excluding carboxylic acids is 2. The minimum Gasteiger partial charge on any atom is -0.494 e. The molecule has 0 radical (unpaired) electrons. The van der Waals surface area contributed by atoms with E-state index in [2.05, 4.69) is 20.9 Å². The first-order chi connectivity index (χ1) is 12.4. The summed E-state index contributed by atoms with van der Waals surface area (Å²) in [6.07, 6.45) is 0.291. The molecule has 0 atom stereocenters. The number of ether oxygens (including phenoxy) is 2. The quantitative estimate of drug-likeness (QED) is 0.529. The molecule has 0 aromatic heterocycles. The zero-order valence-electron chi connectivity index (χ0n) is 14.3. The van der Waals surface area contributed by atoms with Crippen LogP contribution in [0.4, 0.5) is 10.5 Å². The number of rotatable bonds is 5. The van der Waals surface area contributed by atoms with Crippen LogP contribution in [-0.2, 0) is 4.74 Å². The van der Waals surface area contributed by atoms with Crippen LogP contribution in [0, 0.1) is 29.6 Å². The van der Waals surface area contributed by atoms with E-state index < -0.39 is 12.0 Å². The third-order valence-electron chi connectivity index (χ3n) is 3.09. The minimum atomic E-state index is -0.835. The second-order valence-corrected chi connectivity index (χ2v) is 5.07. The standard InChI is InChI=1S/C16H16ClN5O4/c1-4-26-16(24)22-21-15(23)13-9(2)11(17)5-12(25-3)14(13)20-8-10(6-18)7-19/h5,8,20H,4H2,1-3H3,(H,21,23)(H,22,24). The van der Waals surface area contributed by atoms with Gasteiger partial charge in [-0.1, -0.05) is 11.6 Å². The van der Waals surface area contributed by atoms with Crippen molar-refractivity contribution in [2.24, 2.45) is 0 Å². The predicted molar refractivity (Wildman–Crippen MR) is 93.3 cm³/mol. The Bertz CT molecular complexity index is 807. The molecule has 0 heterocycles. The van der Waals surface area contributed by atoms with E-state index in [-0.39, 0.29) is 34.2 Å². The van der Waals surface area contributed by atoms with E-state index in [0.29, 0.717) is 5.56 Å². The molecule has 2 amide bonds. The van der Waals surface area contributed by atoms with E-state index in [0.717, 1.165) is 6.20 Å². The molecule has 0 aliphatic carbocycles. The summed E-state index contributed by atoms with van der Waals surface area (Å²) in [5.74, 6) is -0.504. The van der Waals surface area contributed by atoms with E-state index in [1.165, 1.54) is 13.2 Å². The summed E-state index contributed by atoms with van der Waals surface area (Å²) < 4.78 is 9.85. The van der Waals surface area contributed by atoms with Crippen LogP contribution < -0.4 is 20.9 Å². The van der Waals surface area contributed by atoms with Gasteiger partial charge in [0, 0.05) is 17.3 Å². The summed E-state index contributed by atoms with van der Waals surface area (Å²) in [6, 6.07) is 4.84. The average molecular weight is 378 g/mol. The third kappa shape index (κ3) is 5.03. The van der Waals surface area contributed by atoms with Gasteiger partial charge in [0.15, 0.2) is 0 Å². The topological polar surface area (TPSA) is 136 Å². The highest BCUT2D eigenvalue weighted by Crippen LogP contribution is 2.36. The summed E-state index contributed by atoms with van der Waals surface area (Å²) in [5, 5.41) is 20.6. The van der Waals surface area contributed by atoms with Crippen molar-refractivity contribution in [1.82, 2.24) is 10.9 Å². The van der Waals surface area contributed by atoms with Crippen molar-refractivity contribution in [3.8, 4) is 17.9 Å². The van der Waals surface area contributed by atoms with Crippen LogP contribution in [0.1, 0.15) is 22.8 Å². The van der Waals surface area contributed by atoms with Gasteiger partial charge in [0.05, 0.1) is 25.0 Å². The first-order valence-electron chi connectivity index (χ1n) is 7.26. The number of nitriles is 2. The Morgan fingerprint density at radius 2 is 1.96 bits per heavy atom. The molecule has 0 saturated carbocycles. The highest BCUT2D eigenvalue weighted by atomic mass is 35.5. The van der Waals surface area contributed by atoms with Gasteiger partial charge in [-0.2, -0.15) is 10.5 Å². The fourth-order valence-corrected chi connectivity index (χ4v) is 2.08. The van der Waals surface area contributed by atoms with Crippen molar-refractivity contribution >= 4 is 29.3 Å². The number of benzene rings is 1. The molecule has 0 saturated heterocycles. The normalized spacial score (nSPS) is 9.15. The van der Waals surface area contributed by atoms with Crippen LogP contribution in [0.2, 0.25) is 5.02 Å². The Balaban J connectivity index is 3.31. The second-order valence-electron chi connectivity index (χ2n) is 4.66. The van der Waals surface area contributed by atoms with Gasteiger partial charge in [0.2, 0.25) is 0 Å². The van der Waals surface area contributed by atoms with Crippen molar-refractivity contribution in [3.63, 3.8) is 0 Å². The van der Waals surface area contributed by atoms with Crippen molar-refractivity contribution < 1.29 is 19.1 Å². The Morgan fingerprint density at radius 1 is 1.31 bits per heavy atom. The molecule has 10 heteroatoms. The summed E-state index contributed by atoms with van der Waals surface area (Å²) in [4.78, 5) is 23.8. The monoisotopic (exact) mass is 377 g/mol. The van der Waals surface area contributed by atoms with Gasteiger partial charge in [-0.25, -0.2) is 10.2 Å². The predicted octanol–water partition coefficient (Wildman–Crippen LogP) is 2.39. The number of carbonyl (C=O) groups is 2. The SMILES string of the molecule is CCOC(=O)NNC(=O)c1c(C)c(Cl)cc(OC)c1NC=C(C#N)C#N. The highest BCUT2D eigenvalue weighted by molar-refractivity contribution is 6.32. The van der Waals surface area contributed by atoms with Gasteiger partial charge in [-0.15, -0.1) is 0 Å². The maximum atomic E-state index is 12.5. The van der Waals surface area contributed by atoms with Crippen LogP contribution >= 0.6 is 11.6 Å². The number of amides is 2. The fraction of sp³-hybridized carbons (Fsp3) is 0.250. The zero-order chi connectivity index (χ0) is 19.7. The highest BCUT2D eigenvalue weighted by Gasteiger charge is 2.21. The van der Waals surface area contributed by atoms with Crippen LogP contribution in [-0.4, -0.2) is 25.7 Å². The van der Waals surface area contributed by atoms with E-state index in [4.69, 9.17) is 26.9 Å². The van der Waals surface area contributed by atoms with Gasteiger partial charge in [0.25, 0.3) is 5.91 Å². The molecule has 0 unspecified atom stereocenters. The summed E-state index contributed by atoms with van der Waals surface area (Å²) in [7, 11) is 1.37. The first-order valence-corrected chi connectivity index (χ1v) is 7.64. The number of hydrazine groups is 1. The Morgan fingerprint density at radius 3 is 2.50 bits per heavy atom. The number of hydrogen-bond acceptors (Lipinski definition) is 7. The zero-order valence-corrected chi connectivity index (χ0v) is 15.0. The molecule has 0 bridgehead atoms. The molecule has 1 aromatic carbocycles. The fourth-order valence-electron chi connectivity index (χ4n) is 1.89. The van der Waals surface area contributed by atoms with Crippen LogP contribution in [0.3, 0.4) is 0 Å². The van der Waals surface area contributed by atoms with Crippen molar-refractivity contribution in [1.29, 1.82) is 10.5 Å². The number of hydrogen-bond donors (Lipinski definition) is 3. The molecule has 0 spiro atoms. The second kappa shape index (κ2) is 9.77. The lowest BCUT2D eigenvalue weighted by atomic mass is 10.0. The van der Waals surface area contributed by atoms with E-state index in [1.54, 1.807) is 26.0 Å². The molecular weight excluding hydrogens is 362 g/mol. The van der Waals surface area contributed by atoms with Gasteiger partial charge < -0.3 is 14.8 Å². The van der Waals surface area contributed by atoms with Gasteiger partial charge in [-0.05, 0) is 19.4 Å². The van der Waals surface area contributed by atoms with Gasteiger partial charge in [0.1, 0.15) is 23.5 Å². The minimum absolute atomic E-state index is 0.0534. The molecule has 9 nitrogen and oxygen atoms in total. The maximum Gasteiger partial charge on any atom is 0.426 e. The lowest BCUT2D eigenvalue weighted by molar-refractivity contribution is 0.0912. The number of halogens is 1. The van der Waals surface area contributed by atoms with E-state index in [9.17, 15) is 9.59 Å². The molecule has 0 aliphatic heterocycles. The Hall–Kier alpha value is -3.43. The van der Waals surface area contributed by atoms with Crippen LogP contribution in [0.5, 0.6) is 5.75 Å². The molecule has 3 N–H and O–H groups in total. The molecular formula is C16H16ClN5O4. The summed E-state index contributed by atoms with van der Waals surface area (Å²) in [6.45, 7) is 3.34. The molecule has 136 valence electrons. The number of anilines is 1. The van der Waals surface area contributed by atoms with E-state index in [1.807, 2.05) is 0 Å². The lowest BCUT2D eigenvalue weighted by Gasteiger charge is -2.17. The average Bonchev–Trinajstić information content (AvgIpc) is 2.63. The van der Waals surface area contributed by atoms with E-state index >= 15 is 0 Å². The first kappa shape index (κ1) is 20.6. The van der Waals surface area contributed by atoms with Crippen LogP contribution in [0.15, 0.2) is 17.8 Å². The van der Waals surface area contributed by atoms with Crippen molar-refractivity contribution in [2.45, 2.75) is 13.8 Å². The summed E-state index contributed by atoms with van der Waals surface area (Å²) in [5.41, 5.74) is 4.68. The Kier molecular flexibility index (Phi) is 7.74.